The molecule has 0 fully saturated rings. The molecule has 0 amide bonds. The zero-order valence-electron chi connectivity index (χ0n) is 46.0. The zero-order chi connectivity index (χ0) is 51.3. The molecule has 0 aliphatic heterocycles. The first-order valence-electron chi connectivity index (χ1n) is 29.9. The van der Waals surface area contributed by atoms with Crippen LogP contribution in [0.25, 0.3) is 0 Å². The number of aliphatic hydroxyl groups is 1. The Morgan fingerprint density at radius 3 is 0.843 bits per heavy atom. The van der Waals surface area contributed by atoms with E-state index in [1.165, 1.54) is 199 Å². The summed E-state index contributed by atoms with van der Waals surface area (Å²) in [5.74, 6) is -1.43. The number of esters is 3. The number of rotatable bonds is 57. The molecule has 0 aromatic carbocycles. The van der Waals surface area contributed by atoms with Gasteiger partial charge in [-0.05, 0) is 19.3 Å². The highest BCUT2D eigenvalue weighted by molar-refractivity contribution is 7.47. The molecule has 416 valence electrons. The minimum absolute atomic E-state index is 0.179. The van der Waals surface area contributed by atoms with Crippen molar-refractivity contribution in [1.29, 1.82) is 0 Å². The lowest BCUT2D eigenvalue weighted by Gasteiger charge is -2.21. The molecule has 0 heterocycles. The van der Waals surface area contributed by atoms with Crippen LogP contribution < -0.4 is 0 Å². The van der Waals surface area contributed by atoms with Crippen LogP contribution in [-0.4, -0.2) is 66.5 Å². The molecule has 0 bridgehead atoms. The van der Waals surface area contributed by atoms with Crippen molar-refractivity contribution in [3.63, 3.8) is 0 Å². The van der Waals surface area contributed by atoms with Crippen LogP contribution in [0.15, 0.2) is 0 Å². The first-order valence-corrected chi connectivity index (χ1v) is 31.4. The Labute approximate surface area is 431 Å². The number of phosphoric ester groups is 1. The molecule has 3 atom stereocenters. The molecule has 0 radical (unpaired) electrons. The molecule has 11 nitrogen and oxygen atoms in total. The lowest BCUT2D eigenvalue weighted by atomic mass is 10.0. The monoisotopic (exact) mass is 1020 g/mol. The topological polar surface area (TPSA) is 155 Å². The van der Waals surface area contributed by atoms with Gasteiger partial charge in [-0.2, -0.15) is 0 Å². The van der Waals surface area contributed by atoms with Crippen LogP contribution in [0.3, 0.4) is 0 Å². The SMILES string of the molecule is CCCCCCCCCCCCCCCCCC(=O)OCC(COP(=O)(O)OCC(CO)OC(=O)CCCCCCCCCCCCCCC)OC(=O)CCCCCCCCCCCCCCCCC. The lowest BCUT2D eigenvalue weighted by Crippen LogP contribution is -2.30. The second kappa shape index (κ2) is 53.8. The summed E-state index contributed by atoms with van der Waals surface area (Å²) in [6, 6.07) is 0. The first-order chi connectivity index (χ1) is 34.2. The number of unbranched alkanes of at least 4 members (excludes halogenated alkanes) is 40. The molecule has 0 saturated carbocycles. The van der Waals surface area contributed by atoms with Crippen LogP contribution >= 0.6 is 7.82 Å². The van der Waals surface area contributed by atoms with Gasteiger partial charge in [0, 0.05) is 19.3 Å². The highest BCUT2D eigenvalue weighted by atomic mass is 31.2. The maximum atomic E-state index is 12.9. The Morgan fingerprint density at radius 2 is 0.571 bits per heavy atom. The van der Waals surface area contributed by atoms with E-state index in [1.807, 2.05) is 0 Å². The molecular formula is C58H113O11P. The minimum atomic E-state index is -4.73. The predicted octanol–water partition coefficient (Wildman–Crippen LogP) is 17.5. The number of hydrogen-bond acceptors (Lipinski definition) is 10. The molecule has 0 saturated heterocycles. The normalized spacial score (nSPS) is 13.3. The van der Waals surface area contributed by atoms with Gasteiger partial charge in [0.05, 0.1) is 19.8 Å². The van der Waals surface area contributed by atoms with Gasteiger partial charge >= 0.3 is 25.7 Å². The third-order valence-electron chi connectivity index (χ3n) is 13.5. The third kappa shape index (κ3) is 51.4. The summed E-state index contributed by atoms with van der Waals surface area (Å²) < 4.78 is 39.6. The summed E-state index contributed by atoms with van der Waals surface area (Å²) in [6.07, 6.45) is 50.5. The number of phosphoric acid groups is 1. The Kier molecular flexibility index (Phi) is 52.6. The molecule has 12 heteroatoms. The highest BCUT2D eigenvalue weighted by Crippen LogP contribution is 2.43. The van der Waals surface area contributed by atoms with Crippen molar-refractivity contribution in [1.82, 2.24) is 0 Å². The molecule has 0 aliphatic rings. The fraction of sp³-hybridized carbons (Fsp3) is 0.948. The summed E-state index contributed by atoms with van der Waals surface area (Å²) >= 11 is 0. The fourth-order valence-electron chi connectivity index (χ4n) is 8.95. The quantitative estimate of drug-likeness (QED) is 0.0259. The van der Waals surface area contributed by atoms with Gasteiger partial charge in [0.1, 0.15) is 12.7 Å². The maximum absolute atomic E-state index is 12.9. The van der Waals surface area contributed by atoms with Crippen LogP contribution in [0, 0.1) is 0 Å². The van der Waals surface area contributed by atoms with E-state index < -0.39 is 57.8 Å². The molecule has 0 spiro atoms. The van der Waals surface area contributed by atoms with Crippen LogP contribution in [0.4, 0.5) is 0 Å². The molecule has 3 unspecified atom stereocenters. The molecule has 0 aromatic heterocycles. The summed E-state index contributed by atoms with van der Waals surface area (Å²) in [7, 11) is -4.73. The zero-order valence-corrected chi connectivity index (χ0v) is 46.9. The average Bonchev–Trinajstić information content (AvgIpc) is 3.35. The fourth-order valence-corrected chi connectivity index (χ4v) is 9.73. The third-order valence-corrected chi connectivity index (χ3v) is 14.5. The first kappa shape index (κ1) is 68.5. The average molecular weight is 1020 g/mol. The summed E-state index contributed by atoms with van der Waals surface area (Å²) in [6.45, 7) is 4.72. The van der Waals surface area contributed by atoms with Crippen LogP contribution in [0.1, 0.15) is 316 Å². The van der Waals surface area contributed by atoms with Crippen molar-refractivity contribution in [3.8, 4) is 0 Å². The molecular weight excluding hydrogens is 904 g/mol. The van der Waals surface area contributed by atoms with Crippen LogP contribution in [-0.2, 0) is 42.2 Å². The smallest absolute Gasteiger partial charge is 0.462 e. The van der Waals surface area contributed by atoms with Crippen LogP contribution in [0.5, 0.6) is 0 Å². The Morgan fingerprint density at radius 1 is 0.343 bits per heavy atom. The summed E-state index contributed by atoms with van der Waals surface area (Å²) in [5, 5.41) is 9.81. The molecule has 0 rings (SSSR count). The van der Waals surface area contributed by atoms with Crippen molar-refractivity contribution in [2.45, 2.75) is 328 Å². The van der Waals surface area contributed by atoms with E-state index in [9.17, 15) is 28.9 Å². The van der Waals surface area contributed by atoms with Gasteiger partial charge in [-0.25, -0.2) is 4.57 Å². The Balaban J connectivity index is 4.65. The van der Waals surface area contributed by atoms with E-state index in [1.54, 1.807) is 0 Å². The van der Waals surface area contributed by atoms with E-state index in [2.05, 4.69) is 20.8 Å². The Hall–Kier alpha value is -1.52. The van der Waals surface area contributed by atoms with Gasteiger partial charge in [-0.3, -0.25) is 23.4 Å². The number of aliphatic hydroxyl groups excluding tert-OH is 1. The lowest BCUT2D eigenvalue weighted by molar-refractivity contribution is -0.161. The Bertz CT molecular complexity index is 1190. The molecule has 2 N–H and O–H groups in total. The van der Waals surface area contributed by atoms with Gasteiger partial charge in [0.15, 0.2) is 6.10 Å². The second-order valence-corrected chi connectivity index (χ2v) is 22.0. The maximum Gasteiger partial charge on any atom is 0.472 e. The van der Waals surface area contributed by atoms with Gasteiger partial charge in [-0.1, -0.05) is 278 Å². The highest BCUT2D eigenvalue weighted by Gasteiger charge is 2.28. The van der Waals surface area contributed by atoms with E-state index in [4.69, 9.17) is 23.3 Å². The van der Waals surface area contributed by atoms with E-state index in [0.29, 0.717) is 19.3 Å². The van der Waals surface area contributed by atoms with Crippen molar-refractivity contribution < 1.29 is 52.2 Å². The number of ether oxygens (including phenoxy) is 3. The minimum Gasteiger partial charge on any atom is -0.462 e. The van der Waals surface area contributed by atoms with Gasteiger partial charge in [0.25, 0.3) is 0 Å². The van der Waals surface area contributed by atoms with E-state index in [0.717, 1.165) is 57.8 Å². The summed E-state index contributed by atoms with van der Waals surface area (Å²) in [5.41, 5.74) is 0. The second-order valence-electron chi connectivity index (χ2n) is 20.5. The number of carbonyl (C=O) groups is 3. The van der Waals surface area contributed by atoms with E-state index >= 15 is 0 Å². The van der Waals surface area contributed by atoms with Crippen molar-refractivity contribution in [2.75, 3.05) is 26.4 Å². The van der Waals surface area contributed by atoms with Gasteiger partial charge in [0.2, 0.25) is 0 Å². The van der Waals surface area contributed by atoms with E-state index in [-0.39, 0.29) is 25.9 Å². The van der Waals surface area contributed by atoms with Crippen molar-refractivity contribution in [3.05, 3.63) is 0 Å². The van der Waals surface area contributed by atoms with Crippen molar-refractivity contribution in [2.24, 2.45) is 0 Å². The number of carbonyl (C=O) groups excluding carboxylic acids is 3. The van der Waals surface area contributed by atoms with Gasteiger partial charge in [-0.15, -0.1) is 0 Å². The molecule has 0 aliphatic carbocycles. The molecule has 70 heavy (non-hydrogen) atoms. The van der Waals surface area contributed by atoms with Crippen molar-refractivity contribution >= 4 is 25.7 Å². The summed E-state index contributed by atoms with van der Waals surface area (Å²) in [4.78, 5) is 48.5. The number of hydrogen-bond donors (Lipinski definition) is 2. The van der Waals surface area contributed by atoms with Gasteiger partial charge < -0.3 is 24.2 Å². The predicted molar refractivity (Wildman–Crippen MR) is 289 cm³/mol. The standard InChI is InChI=1S/C58H113O11P/c1-4-7-10-13-16-19-22-25-27-30-32-35-38-41-44-47-56(60)65-51-55(69-58(62)49-46-43-40-37-34-31-28-26-23-20-17-14-11-8-5-2)53-67-70(63,64)66-52-54(50-59)68-57(61)48-45-42-39-36-33-29-24-21-18-15-12-9-6-3/h54-55,59H,4-53H2,1-3H3,(H,63,64). The molecule has 0 aromatic rings. The van der Waals surface area contributed by atoms with Crippen LogP contribution in [0.2, 0.25) is 0 Å². The largest absolute Gasteiger partial charge is 0.472 e.